The van der Waals surface area contributed by atoms with E-state index < -0.39 is 0 Å². The van der Waals surface area contributed by atoms with Gasteiger partial charge in [-0.25, -0.2) is 0 Å². The summed E-state index contributed by atoms with van der Waals surface area (Å²) in [7, 11) is 0. The highest BCUT2D eigenvalue weighted by Crippen LogP contribution is 2.15. The van der Waals surface area contributed by atoms with Gasteiger partial charge >= 0.3 is 0 Å². The molecule has 1 aliphatic heterocycles. The molecule has 1 aliphatic rings. The Bertz CT molecular complexity index is 57.6. The molecule has 0 bridgehead atoms. The third-order valence-electron chi connectivity index (χ3n) is 1.28. The second-order valence-electron chi connectivity index (χ2n) is 2.10. The lowest BCUT2D eigenvalue weighted by Crippen LogP contribution is -1.81. The van der Waals surface area contributed by atoms with Gasteiger partial charge in [0.1, 0.15) is 0 Å². The zero-order chi connectivity index (χ0) is 7.11. The predicted octanol–water partition coefficient (Wildman–Crippen LogP) is 2.38. The third kappa shape index (κ3) is 5.57. The van der Waals surface area contributed by atoms with E-state index in [1.807, 2.05) is 0 Å². The van der Waals surface area contributed by atoms with Gasteiger partial charge in [0.15, 0.2) is 0 Å². The molecule has 0 saturated carbocycles. The molecule has 1 fully saturated rings. The number of hydrogen-bond donors (Lipinski definition) is 0. The zero-order valence-corrected chi connectivity index (χ0v) is 6.23. The Morgan fingerprint density at radius 2 is 2.11 bits per heavy atom. The van der Waals surface area contributed by atoms with Crippen LogP contribution in [0, 0.1) is 0 Å². The van der Waals surface area contributed by atoms with Crippen molar-refractivity contribution in [2.45, 2.75) is 32.3 Å². The van der Waals surface area contributed by atoms with Crippen molar-refractivity contribution in [2.24, 2.45) is 0 Å². The number of rotatable bonds is 3. The smallest absolute Gasteiger partial charge is 0.0810 e. The van der Waals surface area contributed by atoms with Gasteiger partial charge in [-0.2, -0.15) is 0 Å². The van der Waals surface area contributed by atoms with Crippen molar-refractivity contribution >= 4 is 0 Å². The van der Waals surface area contributed by atoms with Crippen LogP contribution in [0.2, 0.25) is 0 Å². The van der Waals surface area contributed by atoms with E-state index in [2.05, 4.69) is 20.1 Å². The minimum atomic E-state index is 0.653. The maximum absolute atomic E-state index is 5.01. The van der Waals surface area contributed by atoms with Crippen LogP contribution < -0.4 is 0 Å². The van der Waals surface area contributed by atoms with Crippen LogP contribution in [0.3, 0.4) is 0 Å². The second-order valence-corrected chi connectivity index (χ2v) is 2.10. The Kier molecular flexibility index (Phi) is 5.64. The normalized spacial score (nSPS) is 22.1. The lowest BCUT2D eigenvalue weighted by atomic mass is 10.2. The summed E-state index contributed by atoms with van der Waals surface area (Å²) >= 11 is 0. The highest BCUT2D eigenvalue weighted by Gasteiger charge is 2.20. The fourth-order valence-electron chi connectivity index (χ4n) is 0.667. The molecule has 0 spiro atoms. The van der Waals surface area contributed by atoms with Crippen molar-refractivity contribution in [3.8, 4) is 0 Å². The quantitative estimate of drug-likeness (QED) is 0.420. The lowest BCUT2D eigenvalue weighted by Gasteiger charge is -1.86. The van der Waals surface area contributed by atoms with Crippen LogP contribution in [0.25, 0.3) is 0 Å². The minimum absolute atomic E-state index is 0.653. The molecule has 1 saturated heterocycles. The second kappa shape index (κ2) is 5.83. The van der Waals surface area contributed by atoms with Gasteiger partial charge in [-0.15, -0.1) is 13.2 Å². The molecule has 0 amide bonds. The van der Waals surface area contributed by atoms with Gasteiger partial charge in [0.25, 0.3) is 0 Å². The maximum atomic E-state index is 5.01. The van der Waals surface area contributed by atoms with E-state index in [4.69, 9.17) is 4.74 Å². The average molecular weight is 128 g/mol. The molecule has 1 heterocycles. The predicted molar refractivity (Wildman–Crippen MR) is 40.5 cm³/mol. The molecule has 0 aliphatic carbocycles. The zero-order valence-electron chi connectivity index (χ0n) is 6.23. The van der Waals surface area contributed by atoms with Crippen molar-refractivity contribution in [3.05, 3.63) is 13.2 Å². The fraction of sp³-hybridized carbons (Fsp3) is 0.750. The van der Waals surface area contributed by atoms with Crippen molar-refractivity contribution in [1.29, 1.82) is 0 Å². The van der Waals surface area contributed by atoms with E-state index in [0.717, 1.165) is 6.61 Å². The van der Waals surface area contributed by atoms with Gasteiger partial charge < -0.3 is 4.74 Å². The summed E-state index contributed by atoms with van der Waals surface area (Å²) < 4.78 is 5.01. The molecule has 1 rings (SSSR count). The first-order valence-corrected chi connectivity index (χ1v) is 3.55. The molecule has 1 atom stereocenters. The van der Waals surface area contributed by atoms with Gasteiger partial charge in [0.2, 0.25) is 0 Å². The van der Waals surface area contributed by atoms with Gasteiger partial charge in [0, 0.05) is 0 Å². The van der Waals surface area contributed by atoms with E-state index >= 15 is 0 Å². The summed E-state index contributed by atoms with van der Waals surface area (Å²) in [6, 6.07) is 0. The Hall–Kier alpha value is -0.300. The first kappa shape index (κ1) is 8.70. The highest BCUT2D eigenvalue weighted by molar-refractivity contribution is 4.67. The summed E-state index contributed by atoms with van der Waals surface area (Å²) in [5.41, 5.74) is 0. The SMILES string of the molecule is C=C.CCCCC1CO1. The van der Waals surface area contributed by atoms with E-state index in [1.165, 1.54) is 19.3 Å². The largest absolute Gasteiger partial charge is 0.373 e. The van der Waals surface area contributed by atoms with E-state index in [1.54, 1.807) is 0 Å². The first-order valence-electron chi connectivity index (χ1n) is 3.55. The Morgan fingerprint density at radius 3 is 2.44 bits per heavy atom. The number of unbranched alkanes of at least 4 members (excludes halogenated alkanes) is 1. The Morgan fingerprint density at radius 1 is 1.56 bits per heavy atom. The number of ether oxygens (including phenoxy) is 1. The van der Waals surface area contributed by atoms with Gasteiger partial charge in [-0.05, 0) is 6.42 Å². The molecule has 1 heteroatoms. The fourth-order valence-corrected chi connectivity index (χ4v) is 0.667. The van der Waals surface area contributed by atoms with Crippen molar-refractivity contribution in [3.63, 3.8) is 0 Å². The van der Waals surface area contributed by atoms with Crippen LogP contribution in [0.4, 0.5) is 0 Å². The van der Waals surface area contributed by atoms with Crippen molar-refractivity contribution < 1.29 is 4.74 Å². The summed E-state index contributed by atoms with van der Waals surface area (Å²) in [5, 5.41) is 0. The molecule has 0 aromatic heterocycles. The van der Waals surface area contributed by atoms with Gasteiger partial charge in [-0.3, -0.25) is 0 Å². The average Bonchev–Trinajstić information content (AvgIpc) is 2.71. The summed E-state index contributed by atoms with van der Waals surface area (Å²) in [6.07, 6.45) is 4.58. The molecular formula is C8H16O. The molecule has 0 aromatic carbocycles. The van der Waals surface area contributed by atoms with Crippen LogP contribution in [-0.2, 0) is 4.74 Å². The third-order valence-corrected chi connectivity index (χ3v) is 1.28. The summed E-state index contributed by atoms with van der Waals surface area (Å²) in [6.45, 7) is 9.24. The monoisotopic (exact) mass is 128 g/mol. The Labute approximate surface area is 57.7 Å². The summed E-state index contributed by atoms with van der Waals surface area (Å²) in [5.74, 6) is 0. The summed E-state index contributed by atoms with van der Waals surface area (Å²) in [4.78, 5) is 0. The minimum Gasteiger partial charge on any atom is -0.373 e. The van der Waals surface area contributed by atoms with E-state index in [9.17, 15) is 0 Å². The number of epoxide rings is 1. The van der Waals surface area contributed by atoms with Crippen LogP contribution in [0.5, 0.6) is 0 Å². The highest BCUT2D eigenvalue weighted by atomic mass is 16.6. The standard InChI is InChI=1S/C6H12O.C2H4/c1-2-3-4-6-5-7-6;1-2/h6H,2-5H2,1H3;1-2H2. The van der Waals surface area contributed by atoms with Crippen molar-refractivity contribution in [1.82, 2.24) is 0 Å². The van der Waals surface area contributed by atoms with E-state index in [0.29, 0.717) is 6.10 Å². The van der Waals surface area contributed by atoms with Crippen LogP contribution in [-0.4, -0.2) is 12.7 Å². The molecule has 0 aromatic rings. The topological polar surface area (TPSA) is 12.5 Å². The molecule has 54 valence electrons. The molecule has 1 unspecified atom stereocenters. The van der Waals surface area contributed by atoms with Crippen molar-refractivity contribution in [2.75, 3.05) is 6.61 Å². The maximum Gasteiger partial charge on any atom is 0.0810 e. The van der Waals surface area contributed by atoms with Gasteiger partial charge in [0.05, 0.1) is 12.7 Å². The first-order chi connectivity index (χ1) is 4.43. The van der Waals surface area contributed by atoms with E-state index in [-0.39, 0.29) is 0 Å². The molecule has 9 heavy (non-hydrogen) atoms. The molecular weight excluding hydrogens is 112 g/mol. The Balaban J connectivity index is 0.000000291. The van der Waals surface area contributed by atoms with Gasteiger partial charge in [-0.1, -0.05) is 19.8 Å². The molecule has 0 radical (unpaired) electrons. The number of hydrogen-bond acceptors (Lipinski definition) is 1. The molecule has 0 N–H and O–H groups in total. The van der Waals surface area contributed by atoms with Crippen LogP contribution in [0.1, 0.15) is 26.2 Å². The van der Waals surface area contributed by atoms with Crippen LogP contribution in [0.15, 0.2) is 13.2 Å². The lowest BCUT2D eigenvalue weighted by molar-refractivity contribution is 0.391. The molecule has 1 nitrogen and oxygen atoms in total. The van der Waals surface area contributed by atoms with Crippen LogP contribution >= 0.6 is 0 Å².